The van der Waals surface area contributed by atoms with Gasteiger partial charge in [0.2, 0.25) is 0 Å². The second-order valence-electron chi connectivity index (χ2n) is 2.72. The number of aromatic amines is 1. The quantitative estimate of drug-likeness (QED) is 0.726. The molecule has 3 nitrogen and oxygen atoms in total. The van der Waals surface area contributed by atoms with Crippen molar-refractivity contribution in [1.82, 2.24) is 9.97 Å². The third-order valence-electron chi connectivity index (χ3n) is 1.62. The molecule has 0 amide bonds. The maximum Gasteiger partial charge on any atom is 0.268 e. The van der Waals surface area contributed by atoms with Gasteiger partial charge in [-0.3, -0.25) is 4.79 Å². The van der Waals surface area contributed by atoms with Crippen molar-refractivity contribution in [2.45, 2.75) is 27.7 Å². The van der Waals surface area contributed by atoms with Gasteiger partial charge in [0, 0.05) is 4.88 Å². The van der Waals surface area contributed by atoms with Crippen LogP contribution in [0.15, 0.2) is 10.9 Å². The highest BCUT2D eigenvalue weighted by Gasteiger charge is 2.03. The molecule has 14 heavy (non-hydrogen) atoms. The Labute approximate surface area is 86.8 Å². The Kier molecular flexibility index (Phi) is 3.41. The van der Waals surface area contributed by atoms with Gasteiger partial charge in [-0.15, -0.1) is 11.3 Å². The molecule has 0 unspecified atom stereocenters. The van der Waals surface area contributed by atoms with E-state index in [9.17, 15) is 4.79 Å². The van der Waals surface area contributed by atoms with Crippen LogP contribution in [0.3, 0.4) is 0 Å². The molecule has 0 aliphatic heterocycles. The monoisotopic (exact) mass is 210 g/mol. The molecule has 0 bridgehead atoms. The van der Waals surface area contributed by atoms with E-state index in [1.165, 1.54) is 11.3 Å². The number of hydrogen-bond donors (Lipinski definition) is 1. The molecule has 2 aromatic heterocycles. The summed E-state index contributed by atoms with van der Waals surface area (Å²) in [5.41, 5.74) is 0.773. The Morgan fingerprint density at radius 2 is 2.00 bits per heavy atom. The fraction of sp³-hybridized carbons (Fsp3) is 0.400. The number of nitrogens with one attached hydrogen (secondary N) is 1. The summed E-state index contributed by atoms with van der Waals surface area (Å²) in [6.45, 7) is 7.76. The van der Waals surface area contributed by atoms with Gasteiger partial charge < -0.3 is 4.98 Å². The largest absolute Gasteiger partial charge is 0.310 e. The highest BCUT2D eigenvalue weighted by Crippen LogP contribution is 2.18. The van der Waals surface area contributed by atoms with Gasteiger partial charge in [0.25, 0.3) is 5.56 Å². The SMILES string of the molecule is CC.Cc1nc2cc(C)sc2c(=O)[nH]1. The summed E-state index contributed by atoms with van der Waals surface area (Å²) in [6.07, 6.45) is 0. The maximum absolute atomic E-state index is 11.3. The van der Waals surface area contributed by atoms with Gasteiger partial charge in [-0.2, -0.15) is 0 Å². The number of aryl methyl sites for hydroxylation is 2. The number of hydrogen-bond acceptors (Lipinski definition) is 3. The van der Waals surface area contributed by atoms with Crippen molar-refractivity contribution in [1.29, 1.82) is 0 Å². The van der Waals surface area contributed by atoms with Gasteiger partial charge in [0.05, 0.1) is 5.52 Å². The summed E-state index contributed by atoms with van der Waals surface area (Å²) in [6, 6.07) is 1.93. The van der Waals surface area contributed by atoms with Crippen molar-refractivity contribution in [3.63, 3.8) is 0 Å². The molecule has 0 atom stereocenters. The molecular formula is C10H14N2OS. The fourth-order valence-electron chi connectivity index (χ4n) is 1.18. The van der Waals surface area contributed by atoms with Crippen LogP contribution >= 0.6 is 11.3 Å². The minimum atomic E-state index is -0.0319. The van der Waals surface area contributed by atoms with Crippen LogP contribution in [0.2, 0.25) is 0 Å². The van der Waals surface area contributed by atoms with Crippen molar-refractivity contribution in [3.8, 4) is 0 Å². The molecule has 0 aliphatic carbocycles. The normalized spacial score (nSPS) is 9.71. The summed E-state index contributed by atoms with van der Waals surface area (Å²) >= 11 is 1.48. The Bertz CT molecular complexity index is 484. The van der Waals surface area contributed by atoms with Crippen LogP contribution in [-0.4, -0.2) is 9.97 Å². The van der Waals surface area contributed by atoms with Crippen molar-refractivity contribution in [3.05, 3.63) is 27.1 Å². The lowest BCUT2D eigenvalue weighted by Gasteiger charge is -1.90. The number of aromatic nitrogens is 2. The summed E-state index contributed by atoms with van der Waals surface area (Å²) < 4.78 is 0.720. The number of nitrogens with zero attached hydrogens (tertiary/aromatic N) is 1. The summed E-state index contributed by atoms with van der Waals surface area (Å²) in [5, 5.41) is 0. The van der Waals surface area contributed by atoms with Gasteiger partial charge in [0.1, 0.15) is 10.5 Å². The zero-order valence-electron chi connectivity index (χ0n) is 8.84. The Balaban J connectivity index is 0.000000461. The maximum atomic E-state index is 11.3. The van der Waals surface area contributed by atoms with E-state index in [0.29, 0.717) is 5.82 Å². The number of rotatable bonds is 0. The van der Waals surface area contributed by atoms with Crippen LogP contribution in [0, 0.1) is 13.8 Å². The number of fused-ring (bicyclic) bond motifs is 1. The predicted molar refractivity (Wildman–Crippen MR) is 61.1 cm³/mol. The van der Waals surface area contributed by atoms with Gasteiger partial charge in [-0.05, 0) is 19.9 Å². The average molecular weight is 210 g/mol. The van der Waals surface area contributed by atoms with E-state index >= 15 is 0 Å². The molecule has 0 saturated carbocycles. The highest BCUT2D eigenvalue weighted by atomic mass is 32.1. The molecule has 76 valence electrons. The zero-order chi connectivity index (χ0) is 10.7. The van der Waals surface area contributed by atoms with Gasteiger partial charge in [0.15, 0.2) is 0 Å². The first kappa shape index (κ1) is 10.9. The smallest absolute Gasteiger partial charge is 0.268 e. The molecule has 0 radical (unpaired) electrons. The minimum absolute atomic E-state index is 0.0319. The lowest BCUT2D eigenvalue weighted by molar-refractivity contribution is 1.06. The molecule has 2 heterocycles. The first-order chi connectivity index (χ1) is 6.66. The standard InChI is InChI=1S/C8H8N2OS.C2H6/c1-4-3-6-7(12-4)8(11)10-5(2)9-6;1-2/h3H,1-2H3,(H,9,10,11);1-2H3. The van der Waals surface area contributed by atoms with Gasteiger partial charge in [-0.1, -0.05) is 13.8 Å². The molecule has 0 saturated heterocycles. The van der Waals surface area contributed by atoms with Gasteiger partial charge >= 0.3 is 0 Å². The summed E-state index contributed by atoms with van der Waals surface area (Å²) in [4.78, 5) is 19.3. The van der Waals surface area contributed by atoms with Crippen molar-refractivity contribution < 1.29 is 0 Å². The van der Waals surface area contributed by atoms with Crippen molar-refractivity contribution >= 4 is 21.6 Å². The first-order valence-corrected chi connectivity index (χ1v) is 5.45. The zero-order valence-corrected chi connectivity index (χ0v) is 9.66. The number of H-pyrrole nitrogens is 1. The number of thiophene rings is 1. The molecule has 2 rings (SSSR count). The van der Waals surface area contributed by atoms with E-state index < -0.39 is 0 Å². The van der Waals surface area contributed by atoms with E-state index in [0.717, 1.165) is 15.1 Å². The van der Waals surface area contributed by atoms with Crippen LogP contribution < -0.4 is 5.56 Å². The molecule has 4 heteroatoms. The molecular weight excluding hydrogens is 196 g/mol. The van der Waals surface area contributed by atoms with Crippen LogP contribution in [0.25, 0.3) is 10.2 Å². The molecule has 0 aromatic carbocycles. The Morgan fingerprint density at radius 3 is 2.64 bits per heavy atom. The summed E-state index contributed by atoms with van der Waals surface area (Å²) in [5.74, 6) is 0.672. The topological polar surface area (TPSA) is 45.8 Å². The van der Waals surface area contributed by atoms with E-state index in [1.54, 1.807) is 6.92 Å². The third kappa shape index (κ3) is 2.01. The average Bonchev–Trinajstić information content (AvgIpc) is 2.49. The molecule has 1 N–H and O–H groups in total. The highest BCUT2D eigenvalue weighted by molar-refractivity contribution is 7.18. The van der Waals surface area contributed by atoms with Gasteiger partial charge in [-0.25, -0.2) is 4.98 Å². The third-order valence-corrected chi connectivity index (χ3v) is 2.66. The summed E-state index contributed by atoms with van der Waals surface area (Å²) in [7, 11) is 0. The van der Waals surface area contributed by atoms with Crippen LogP contribution in [0.4, 0.5) is 0 Å². The lowest BCUT2D eigenvalue weighted by atomic mass is 10.4. The molecule has 0 fully saturated rings. The first-order valence-electron chi connectivity index (χ1n) is 4.64. The second-order valence-corrected chi connectivity index (χ2v) is 3.98. The minimum Gasteiger partial charge on any atom is -0.310 e. The van der Waals surface area contributed by atoms with E-state index in [-0.39, 0.29) is 5.56 Å². The molecule has 2 aromatic rings. The second kappa shape index (κ2) is 4.37. The van der Waals surface area contributed by atoms with Crippen molar-refractivity contribution in [2.75, 3.05) is 0 Å². The predicted octanol–water partition coefficient (Wildman–Crippen LogP) is 2.63. The Hall–Kier alpha value is -1.16. The fourth-order valence-corrected chi connectivity index (χ4v) is 2.02. The molecule has 0 aliphatic rings. The van der Waals surface area contributed by atoms with E-state index in [2.05, 4.69) is 9.97 Å². The van der Waals surface area contributed by atoms with E-state index in [4.69, 9.17) is 0 Å². The van der Waals surface area contributed by atoms with Crippen LogP contribution in [-0.2, 0) is 0 Å². The molecule has 0 spiro atoms. The Morgan fingerprint density at radius 1 is 1.36 bits per heavy atom. The van der Waals surface area contributed by atoms with Crippen molar-refractivity contribution in [2.24, 2.45) is 0 Å². The van der Waals surface area contributed by atoms with Crippen LogP contribution in [0.1, 0.15) is 24.5 Å². The van der Waals surface area contributed by atoms with E-state index in [1.807, 2.05) is 26.8 Å². The lowest BCUT2D eigenvalue weighted by Crippen LogP contribution is -2.07. The van der Waals surface area contributed by atoms with Crippen LogP contribution in [0.5, 0.6) is 0 Å².